The van der Waals surface area contributed by atoms with Crippen LogP contribution in [-0.2, 0) is 6.42 Å². The standard InChI is InChI=1S/C14H14N4/c1-3-13-16-14(18-17-13)11-8-9(2)15-12-7-5-4-6-10(11)12/h4-8H,3H2,1-2H3,(H,16,17,18). The van der Waals surface area contributed by atoms with Gasteiger partial charge in [0.2, 0.25) is 0 Å². The van der Waals surface area contributed by atoms with E-state index in [-0.39, 0.29) is 0 Å². The van der Waals surface area contributed by atoms with Crippen LogP contribution >= 0.6 is 0 Å². The first-order valence-corrected chi connectivity index (χ1v) is 6.06. The Kier molecular flexibility index (Phi) is 2.55. The highest BCUT2D eigenvalue weighted by Crippen LogP contribution is 2.25. The molecule has 0 amide bonds. The van der Waals surface area contributed by atoms with E-state index >= 15 is 0 Å². The van der Waals surface area contributed by atoms with Gasteiger partial charge < -0.3 is 0 Å². The van der Waals surface area contributed by atoms with Crippen LogP contribution in [0.4, 0.5) is 0 Å². The topological polar surface area (TPSA) is 54.5 Å². The lowest BCUT2D eigenvalue weighted by Crippen LogP contribution is -1.90. The van der Waals surface area contributed by atoms with E-state index in [1.54, 1.807) is 0 Å². The summed E-state index contributed by atoms with van der Waals surface area (Å²) in [7, 11) is 0. The maximum atomic E-state index is 4.52. The summed E-state index contributed by atoms with van der Waals surface area (Å²) in [6, 6.07) is 10.1. The molecule has 2 aromatic heterocycles. The quantitative estimate of drug-likeness (QED) is 0.746. The maximum Gasteiger partial charge on any atom is 0.181 e. The van der Waals surface area contributed by atoms with Gasteiger partial charge in [0.1, 0.15) is 5.82 Å². The van der Waals surface area contributed by atoms with Gasteiger partial charge in [-0.1, -0.05) is 25.1 Å². The molecule has 0 aliphatic rings. The van der Waals surface area contributed by atoms with Crippen molar-refractivity contribution in [3.63, 3.8) is 0 Å². The van der Waals surface area contributed by atoms with Gasteiger partial charge in [-0.3, -0.25) is 10.1 Å². The predicted molar refractivity (Wildman–Crippen MR) is 71.2 cm³/mol. The first kappa shape index (κ1) is 10.9. The molecule has 0 spiro atoms. The van der Waals surface area contributed by atoms with Crippen LogP contribution in [0.15, 0.2) is 30.3 Å². The van der Waals surface area contributed by atoms with E-state index < -0.39 is 0 Å². The van der Waals surface area contributed by atoms with Crippen LogP contribution < -0.4 is 0 Å². The molecule has 0 aliphatic heterocycles. The normalized spacial score (nSPS) is 11.0. The van der Waals surface area contributed by atoms with E-state index in [4.69, 9.17) is 0 Å². The van der Waals surface area contributed by atoms with Crippen molar-refractivity contribution >= 4 is 10.9 Å². The van der Waals surface area contributed by atoms with Crippen molar-refractivity contribution in [2.45, 2.75) is 20.3 Å². The summed E-state index contributed by atoms with van der Waals surface area (Å²) in [5, 5.41) is 8.33. The zero-order valence-electron chi connectivity index (χ0n) is 10.4. The first-order chi connectivity index (χ1) is 8.78. The number of hydrogen-bond acceptors (Lipinski definition) is 3. The van der Waals surface area contributed by atoms with Crippen LogP contribution in [0.25, 0.3) is 22.3 Å². The number of aromatic amines is 1. The summed E-state index contributed by atoms with van der Waals surface area (Å²) in [6.45, 7) is 4.05. The highest BCUT2D eigenvalue weighted by atomic mass is 15.2. The van der Waals surface area contributed by atoms with Crippen molar-refractivity contribution in [1.82, 2.24) is 20.2 Å². The number of benzene rings is 1. The summed E-state index contributed by atoms with van der Waals surface area (Å²) < 4.78 is 0. The van der Waals surface area contributed by atoms with Gasteiger partial charge in [-0.2, -0.15) is 5.10 Å². The van der Waals surface area contributed by atoms with E-state index in [1.165, 1.54) is 0 Å². The molecule has 0 fully saturated rings. The predicted octanol–water partition coefficient (Wildman–Crippen LogP) is 2.89. The Bertz CT molecular complexity index is 700. The summed E-state index contributed by atoms with van der Waals surface area (Å²) in [5.41, 5.74) is 3.00. The van der Waals surface area contributed by atoms with Crippen molar-refractivity contribution in [2.75, 3.05) is 0 Å². The molecule has 90 valence electrons. The molecule has 4 heteroatoms. The maximum absolute atomic E-state index is 4.52. The molecule has 3 rings (SSSR count). The Morgan fingerprint density at radius 3 is 2.78 bits per heavy atom. The van der Waals surface area contributed by atoms with Gasteiger partial charge in [-0.05, 0) is 19.1 Å². The van der Waals surface area contributed by atoms with Crippen LogP contribution in [0, 0.1) is 6.92 Å². The van der Waals surface area contributed by atoms with Crippen molar-refractivity contribution in [3.05, 3.63) is 41.9 Å². The fraction of sp³-hybridized carbons (Fsp3) is 0.214. The largest absolute Gasteiger partial charge is 0.263 e. The van der Waals surface area contributed by atoms with E-state index in [9.17, 15) is 0 Å². The average Bonchev–Trinajstić information content (AvgIpc) is 2.86. The molecule has 1 N–H and O–H groups in total. The first-order valence-electron chi connectivity index (χ1n) is 6.06. The minimum Gasteiger partial charge on any atom is -0.263 e. The number of pyridine rings is 1. The zero-order valence-corrected chi connectivity index (χ0v) is 10.4. The molecule has 18 heavy (non-hydrogen) atoms. The number of nitrogens with zero attached hydrogens (tertiary/aromatic N) is 3. The molecule has 3 aromatic rings. The Hall–Kier alpha value is -2.23. The van der Waals surface area contributed by atoms with Gasteiger partial charge in [0.05, 0.1) is 5.52 Å². The van der Waals surface area contributed by atoms with Crippen molar-refractivity contribution in [2.24, 2.45) is 0 Å². The lowest BCUT2D eigenvalue weighted by molar-refractivity contribution is 0.946. The monoisotopic (exact) mass is 238 g/mol. The number of rotatable bonds is 2. The molecule has 0 unspecified atom stereocenters. The molecular weight excluding hydrogens is 224 g/mol. The number of nitrogens with one attached hydrogen (secondary N) is 1. The van der Waals surface area contributed by atoms with Crippen LogP contribution in [-0.4, -0.2) is 20.2 Å². The van der Waals surface area contributed by atoms with Crippen molar-refractivity contribution in [3.8, 4) is 11.4 Å². The lowest BCUT2D eigenvalue weighted by atomic mass is 10.1. The molecule has 1 aromatic carbocycles. The number of para-hydroxylation sites is 1. The van der Waals surface area contributed by atoms with Crippen LogP contribution in [0.3, 0.4) is 0 Å². The highest BCUT2D eigenvalue weighted by molar-refractivity contribution is 5.92. The third-order valence-electron chi connectivity index (χ3n) is 2.95. The molecule has 0 radical (unpaired) electrons. The van der Waals surface area contributed by atoms with E-state index in [0.717, 1.165) is 40.2 Å². The van der Waals surface area contributed by atoms with Gasteiger partial charge in [0.25, 0.3) is 0 Å². The van der Waals surface area contributed by atoms with Gasteiger partial charge in [-0.15, -0.1) is 0 Å². The third kappa shape index (κ3) is 1.76. The zero-order chi connectivity index (χ0) is 12.5. The van der Waals surface area contributed by atoms with Crippen molar-refractivity contribution < 1.29 is 0 Å². The Labute approximate surface area is 105 Å². The fourth-order valence-corrected chi connectivity index (χ4v) is 2.07. The van der Waals surface area contributed by atoms with Crippen LogP contribution in [0.5, 0.6) is 0 Å². The van der Waals surface area contributed by atoms with Gasteiger partial charge in [0.15, 0.2) is 5.82 Å². The number of fused-ring (bicyclic) bond motifs is 1. The van der Waals surface area contributed by atoms with Gasteiger partial charge >= 0.3 is 0 Å². The van der Waals surface area contributed by atoms with Gasteiger partial charge in [0, 0.05) is 23.1 Å². The van der Waals surface area contributed by atoms with Gasteiger partial charge in [-0.25, -0.2) is 4.98 Å². The highest BCUT2D eigenvalue weighted by Gasteiger charge is 2.10. The Morgan fingerprint density at radius 1 is 1.17 bits per heavy atom. The Balaban J connectivity index is 2.27. The van der Waals surface area contributed by atoms with E-state index in [1.807, 2.05) is 31.2 Å². The smallest absolute Gasteiger partial charge is 0.181 e. The molecule has 0 bridgehead atoms. The Morgan fingerprint density at radius 2 is 2.00 bits per heavy atom. The second kappa shape index (κ2) is 4.22. The molecule has 4 nitrogen and oxygen atoms in total. The number of aryl methyl sites for hydroxylation is 2. The second-order valence-electron chi connectivity index (χ2n) is 4.29. The lowest BCUT2D eigenvalue weighted by Gasteiger charge is -2.04. The summed E-state index contributed by atoms with van der Waals surface area (Å²) in [6.07, 6.45) is 0.856. The van der Waals surface area contributed by atoms with E-state index in [2.05, 4.69) is 33.2 Å². The summed E-state index contributed by atoms with van der Waals surface area (Å²) >= 11 is 0. The number of aromatic nitrogens is 4. The molecule has 0 aliphatic carbocycles. The summed E-state index contributed by atoms with van der Waals surface area (Å²) in [4.78, 5) is 9.02. The number of hydrogen-bond donors (Lipinski definition) is 1. The third-order valence-corrected chi connectivity index (χ3v) is 2.95. The van der Waals surface area contributed by atoms with Crippen molar-refractivity contribution in [1.29, 1.82) is 0 Å². The minimum absolute atomic E-state index is 0.744. The molecule has 0 saturated heterocycles. The SMILES string of the molecule is CCc1nc(-c2cc(C)nc3ccccc23)n[nH]1. The molecule has 0 atom stereocenters. The number of H-pyrrole nitrogens is 1. The van der Waals surface area contributed by atoms with E-state index in [0.29, 0.717) is 0 Å². The molecular formula is C14H14N4. The second-order valence-corrected chi connectivity index (χ2v) is 4.29. The fourth-order valence-electron chi connectivity index (χ4n) is 2.07. The van der Waals surface area contributed by atoms with Crippen LogP contribution in [0.1, 0.15) is 18.4 Å². The summed E-state index contributed by atoms with van der Waals surface area (Å²) in [5.74, 6) is 1.65. The van der Waals surface area contributed by atoms with Crippen LogP contribution in [0.2, 0.25) is 0 Å². The average molecular weight is 238 g/mol. The molecule has 0 saturated carbocycles. The molecule has 2 heterocycles. The minimum atomic E-state index is 0.744.